The number of anilines is 1. The fourth-order valence-corrected chi connectivity index (χ4v) is 3.20. The van der Waals surface area contributed by atoms with E-state index in [1.807, 2.05) is 23.7 Å². The lowest BCUT2D eigenvalue weighted by Crippen LogP contribution is -2.13. The molecule has 1 unspecified atom stereocenters. The SMILES string of the molecule is CCC(CC1CC1)n1nnnc1-c1cc(Br)cc(N)c1C. The number of nitrogens with zero attached hydrogens (tertiary/aromatic N) is 4. The molecule has 1 heterocycles. The van der Waals surface area contributed by atoms with Crippen molar-refractivity contribution >= 4 is 21.6 Å². The van der Waals surface area contributed by atoms with E-state index in [1.54, 1.807) is 0 Å². The molecule has 2 aromatic rings. The summed E-state index contributed by atoms with van der Waals surface area (Å²) >= 11 is 3.50. The molecule has 0 radical (unpaired) electrons. The molecule has 1 aromatic carbocycles. The van der Waals surface area contributed by atoms with E-state index in [-0.39, 0.29) is 0 Å². The van der Waals surface area contributed by atoms with E-state index >= 15 is 0 Å². The molecule has 1 fully saturated rings. The van der Waals surface area contributed by atoms with Crippen molar-refractivity contribution in [3.05, 3.63) is 22.2 Å². The van der Waals surface area contributed by atoms with Crippen LogP contribution in [0.4, 0.5) is 5.69 Å². The first-order valence-electron chi connectivity index (χ1n) is 7.44. The molecule has 0 bridgehead atoms. The van der Waals surface area contributed by atoms with Crippen LogP contribution in [0.1, 0.15) is 44.2 Å². The van der Waals surface area contributed by atoms with Gasteiger partial charge in [-0.25, -0.2) is 4.68 Å². The highest BCUT2D eigenvalue weighted by atomic mass is 79.9. The van der Waals surface area contributed by atoms with E-state index in [1.165, 1.54) is 12.8 Å². The third-order valence-electron chi connectivity index (χ3n) is 4.27. The zero-order chi connectivity index (χ0) is 15.0. The molecular weight excluding hydrogens is 330 g/mol. The lowest BCUT2D eigenvalue weighted by Gasteiger charge is -2.17. The number of hydrogen-bond acceptors (Lipinski definition) is 4. The molecule has 2 N–H and O–H groups in total. The van der Waals surface area contributed by atoms with Crippen molar-refractivity contribution in [2.45, 2.75) is 45.6 Å². The Bertz CT molecular complexity index is 648. The van der Waals surface area contributed by atoms with Gasteiger partial charge in [-0.1, -0.05) is 35.7 Å². The molecule has 5 nitrogen and oxygen atoms in total. The molecule has 1 saturated carbocycles. The number of hydrogen-bond donors (Lipinski definition) is 1. The fourth-order valence-electron chi connectivity index (χ4n) is 2.73. The smallest absolute Gasteiger partial charge is 0.182 e. The van der Waals surface area contributed by atoms with E-state index < -0.39 is 0 Å². The zero-order valence-electron chi connectivity index (χ0n) is 12.4. The van der Waals surface area contributed by atoms with E-state index in [9.17, 15) is 0 Å². The van der Waals surface area contributed by atoms with E-state index in [0.29, 0.717) is 6.04 Å². The minimum absolute atomic E-state index is 0.363. The van der Waals surface area contributed by atoms with Crippen molar-refractivity contribution in [3.8, 4) is 11.4 Å². The third-order valence-corrected chi connectivity index (χ3v) is 4.72. The Balaban J connectivity index is 2.01. The quantitative estimate of drug-likeness (QED) is 0.834. The zero-order valence-corrected chi connectivity index (χ0v) is 14.0. The summed E-state index contributed by atoms with van der Waals surface area (Å²) in [4.78, 5) is 0. The minimum atomic E-state index is 0.363. The summed E-state index contributed by atoms with van der Waals surface area (Å²) in [7, 11) is 0. The van der Waals surface area contributed by atoms with Gasteiger partial charge in [0.2, 0.25) is 0 Å². The van der Waals surface area contributed by atoms with Crippen LogP contribution in [0.5, 0.6) is 0 Å². The van der Waals surface area contributed by atoms with Gasteiger partial charge in [0, 0.05) is 15.7 Å². The monoisotopic (exact) mass is 349 g/mol. The first-order chi connectivity index (χ1) is 10.1. The van der Waals surface area contributed by atoms with E-state index in [0.717, 1.165) is 45.9 Å². The molecule has 3 rings (SSSR count). The molecular formula is C15H20BrN5. The van der Waals surface area contributed by atoms with Crippen molar-refractivity contribution in [1.29, 1.82) is 0 Å². The predicted molar refractivity (Wildman–Crippen MR) is 86.8 cm³/mol. The Labute approximate surface area is 133 Å². The Morgan fingerprint density at radius 2 is 2.19 bits per heavy atom. The van der Waals surface area contributed by atoms with Crippen LogP contribution in [0.15, 0.2) is 16.6 Å². The number of tetrazole rings is 1. The van der Waals surface area contributed by atoms with E-state index in [2.05, 4.69) is 38.4 Å². The second-order valence-electron chi connectivity index (χ2n) is 5.86. The highest BCUT2D eigenvalue weighted by Crippen LogP contribution is 2.39. The maximum Gasteiger partial charge on any atom is 0.182 e. The Kier molecular flexibility index (Phi) is 3.97. The van der Waals surface area contributed by atoms with Gasteiger partial charge in [-0.15, -0.1) is 5.10 Å². The molecule has 1 aliphatic rings. The molecule has 0 amide bonds. The lowest BCUT2D eigenvalue weighted by molar-refractivity contribution is 0.388. The van der Waals surface area contributed by atoms with Gasteiger partial charge >= 0.3 is 0 Å². The van der Waals surface area contributed by atoms with Crippen molar-refractivity contribution in [1.82, 2.24) is 20.2 Å². The molecule has 112 valence electrons. The maximum absolute atomic E-state index is 6.07. The summed E-state index contributed by atoms with van der Waals surface area (Å²) < 4.78 is 2.93. The van der Waals surface area contributed by atoms with Crippen molar-refractivity contribution in [2.75, 3.05) is 5.73 Å². The fraction of sp³-hybridized carbons (Fsp3) is 0.533. The number of rotatable bonds is 5. The molecule has 1 aromatic heterocycles. The van der Waals surface area contributed by atoms with Crippen molar-refractivity contribution < 1.29 is 0 Å². The number of nitrogens with two attached hydrogens (primary N) is 1. The van der Waals surface area contributed by atoms with Crippen LogP contribution in [-0.2, 0) is 0 Å². The Hall–Kier alpha value is -1.43. The summed E-state index contributed by atoms with van der Waals surface area (Å²) in [5, 5.41) is 12.4. The van der Waals surface area contributed by atoms with Gasteiger partial charge in [0.25, 0.3) is 0 Å². The van der Waals surface area contributed by atoms with Crippen LogP contribution in [0.25, 0.3) is 11.4 Å². The van der Waals surface area contributed by atoms with Gasteiger partial charge in [-0.05, 0) is 53.8 Å². The number of halogens is 1. The van der Waals surface area contributed by atoms with Gasteiger partial charge in [-0.2, -0.15) is 0 Å². The van der Waals surface area contributed by atoms with Crippen molar-refractivity contribution in [3.63, 3.8) is 0 Å². The van der Waals surface area contributed by atoms with Gasteiger partial charge in [0.05, 0.1) is 6.04 Å². The second kappa shape index (κ2) is 5.75. The first-order valence-corrected chi connectivity index (χ1v) is 8.23. The number of benzene rings is 1. The van der Waals surface area contributed by atoms with Gasteiger partial charge in [-0.3, -0.25) is 0 Å². The minimum Gasteiger partial charge on any atom is -0.398 e. The number of aromatic nitrogens is 4. The molecule has 0 spiro atoms. The third kappa shape index (κ3) is 2.95. The van der Waals surface area contributed by atoms with Crippen LogP contribution >= 0.6 is 15.9 Å². The normalized spacial score (nSPS) is 16.1. The molecule has 0 aliphatic heterocycles. The standard InChI is InChI=1S/C15H20BrN5/c1-3-12(6-10-4-5-10)21-15(18-19-20-21)13-7-11(16)8-14(17)9(13)2/h7-8,10,12H,3-6,17H2,1-2H3. The Morgan fingerprint density at radius 1 is 1.43 bits per heavy atom. The largest absolute Gasteiger partial charge is 0.398 e. The maximum atomic E-state index is 6.07. The Morgan fingerprint density at radius 3 is 2.86 bits per heavy atom. The van der Waals surface area contributed by atoms with Crippen LogP contribution in [0, 0.1) is 12.8 Å². The summed E-state index contributed by atoms with van der Waals surface area (Å²) in [6.07, 6.45) is 4.89. The number of nitrogen functional groups attached to an aromatic ring is 1. The predicted octanol–water partition coefficient (Wildman–Crippen LogP) is 3.74. The highest BCUT2D eigenvalue weighted by Gasteiger charge is 2.28. The molecule has 21 heavy (non-hydrogen) atoms. The summed E-state index contributed by atoms with van der Waals surface area (Å²) in [6, 6.07) is 4.31. The molecule has 1 atom stereocenters. The highest BCUT2D eigenvalue weighted by molar-refractivity contribution is 9.10. The van der Waals surface area contributed by atoms with Crippen LogP contribution in [0.2, 0.25) is 0 Å². The van der Waals surface area contributed by atoms with Crippen LogP contribution < -0.4 is 5.73 Å². The van der Waals surface area contributed by atoms with Crippen molar-refractivity contribution in [2.24, 2.45) is 5.92 Å². The van der Waals surface area contributed by atoms with Gasteiger partial charge in [0.15, 0.2) is 5.82 Å². The van der Waals surface area contributed by atoms with E-state index in [4.69, 9.17) is 5.73 Å². The molecule has 6 heteroatoms. The second-order valence-corrected chi connectivity index (χ2v) is 6.77. The summed E-state index contributed by atoms with van der Waals surface area (Å²) in [6.45, 7) is 4.21. The molecule has 0 saturated heterocycles. The lowest BCUT2D eigenvalue weighted by atomic mass is 10.0. The topological polar surface area (TPSA) is 69.6 Å². The summed E-state index contributed by atoms with van der Waals surface area (Å²) in [5.41, 5.74) is 8.85. The average molecular weight is 350 g/mol. The molecule has 1 aliphatic carbocycles. The van der Waals surface area contributed by atoms with Crippen LogP contribution in [0.3, 0.4) is 0 Å². The summed E-state index contributed by atoms with van der Waals surface area (Å²) in [5.74, 6) is 1.66. The average Bonchev–Trinajstić information content (AvgIpc) is 3.15. The van der Waals surface area contributed by atoms with Gasteiger partial charge in [0.1, 0.15) is 0 Å². The van der Waals surface area contributed by atoms with Crippen LogP contribution in [-0.4, -0.2) is 20.2 Å². The first kappa shape index (κ1) is 14.5. The van der Waals surface area contributed by atoms with Gasteiger partial charge < -0.3 is 5.73 Å².